The highest BCUT2D eigenvalue weighted by Gasteiger charge is 2.20. The number of H-pyrrole nitrogens is 1. The number of nitrogens with two attached hydrogens (primary N) is 1. The van der Waals surface area contributed by atoms with Crippen molar-refractivity contribution in [3.63, 3.8) is 0 Å². The molecule has 2 aromatic carbocycles. The molecule has 0 aliphatic carbocycles. The summed E-state index contributed by atoms with van der Waals surface area (Å²) in [5.74, 6) is 0.0788. The molecule has 0 aliphatic heterocycles. The van der Waals surface area contributed by atoms with Crippen LogP contribution in [0.15, 0.2) is 48.5 Å². The number of nitrogens with one attached hydrogen (secondary N) is 3. The number of carbonyl (C=O) groups excluding carboxylic acids is 2. The second-order valence-corrected chi connectivity index (χ2v) is 9.83. The molecule has 36 heavy (non-hydrogen) atoms. The van der Waals surface area contributed by atoms with Gasteiger partial charge < -0.3 is 26.1 Å². The number of amides is 2. The number of benzene rings is 2. The normalized spacial score (nSPS) is 11.4. The van der Waals surface area contributed by atoms with E-state index in [2.05, 4.69) is 46.4 Å². The van der Waals surface area contributed by atoms with Crippen molar-refractivity contribution in [2.45, 2.75) is 27.7 Å². The van der Waals surface area contributed by atoms with E-state index < -0.39 is 5.91 Å². The van der Waals surface area contributed by atoms with Crippen LogP contribution in [-0.4, -0.2) is 40.4 Å². The van der Waals surface area contributed by atoms with Crippen molar-refractivity contribution in [3.05, 3.63) is 65.4 Å². The molecule has 4 aromatic rings. The standard InChI is InChI=1S/C27H30N6O3/c1-15-12-16(24(34)29-14-27(2,3)4)6-8-18(15)19-9-11-22(36-5)33-23(19)25(35)30-17-7-10-20-21(13-17)32-26(28)31-20/h6-13H,14H2,1-5H3,(H,29,34)(H,30,35)(H3,28,31,32). The molecular weight excluding hydrogens is 456 g/mol. The summed E-state index contributed by atoms with van der Waals surface area (Å²) in [6, 6.07) is 14.2. The number of rotatable bonds is 6. The van der Waals surface area contributed by atoms with E-state index in [1.165, 1.54) is 7.11 Å². The highest BCUT2D eigenvalue weighted by Crippen LogP contribution is 2.29. The van der Waals surface area contributed by atoms with Gasteiger partial charge in [-0.2, -0.15) is 0 Å². The number of nitrogen functional groups attached to an aromatic ring is 1. The van der Waals surface area contributed by atoms with Crippen LogP contribution >= 0.6 is 0 Å². The largest absolute Gasteiger partial charge is 0.481 e. The lowest BCUT2D eigenvalue weighted by molar-refractivity contribution is 0.0938. The van der Waals surface area contributed by atoms with E-state index in [0.29, 0.717) is 46.2 Å². The molecule has 2 aromatic heterocycles. The molecule has 9 heteroatoms. The van der Waals surface area contributed by atoms with Crippen LogP contribution in [0, 0.1) is 12.3 Å². The molecular formula is C27H30N6O3. The topological polar surface area (TPSA) is 135 Å². The van der Waals surface area contributed by atoms with Crippen molar-refractivity contribution in [1.82, 2.24) is 20.3 Å². The van der Waals surface area contributed by atoms with E-state index in [1.54, 1.807) is 36.4 Å². The fraction of sp³-hybridized carbons (Fsp3) is 0.259. The van der Waals surface area contributed by atoms with Crippen molar-refractivity contribution in [1.29, 1.82) is 0 Å². The van der Waals surface area contributed by atoms with E-state index in [9.17, 15) is 9.59 Å². The molecule has 0 atom stereocenters. The van der Waals surface area contributed by atoms with E-state index in [-0.39, 0.29) is 17.0 Å². The summed E-state index contributed by atoms with van der Waals surface area (Å²) in [4.78, 5) is 37.5. The Morgan fingerprint density at radius 3 is 2.44 bits per heavy atom. The first-order valence-corrected chi connectivity index (χ1v) is 11.5. The number of hydrogen-bond acceptors (Lipinski definition) is 6. The predicted octanol–water partition coefficient (Wildman–Crippen LogP) is 4.55. The summed E-state index contributed by atoms with van der Waals surface area (Å²) in [7, 11) is 1.50. The molecule has 9 nitrogen and oxygen atoms in total. The van der Waals surface area contributed by atoms with Gasteiger partial charge in [-0.3, -0.25) is 9.59 Å². The Bertz CT molecular complexity index is 1450. The molecule has 2 heterocycles. The fourth-order valence-electron chi connectivity index (χ4n) is 3.80. The molecule has 0 spiro atoms. The lowest BCUT2D eigenvalue weighted by Gasteiger charge is -2.19. The van der Waals surface area contributed by atoms with Crippen molar-refractivity contribution in [3.8, 4) is 17.0 Å². The third-order valence-corrected chi connectivity index (χ3v) is 5.61. The first-order chi connectivity index (χ1) is 17.0. The van der Waals surface area contributed by atoms with Gasteiger partial charge in [0.1, 0.15) is 5.69 Å². The first kappa shape index (κ1) is 24.7. The van der Waals surface area contributed by atoms with Crippen LogP contribution in [0.3, 0.4) is 0 Å². The number of carbonyl (C=O) groups is 2. The fourth-order valence-corrected chi connectivity index (χ4v) is 3.80. The van der Waals surface area contributed by atoms with Crippen LogP contribution < -0.4 is 21.1 Å². The zero-order chi connectivity index (χ0) is 26.0. The van der Waals surface area contributed by atoms with Gasteiger partial charge in [0, 0.05) is 29.4 Å². The number of anilines is 2. The minimum absolute atomic E-state index is 0.0177. The molecule has 0 saturated heterocycles. The summed E-state index contributed by atoms with van der Waals surface area (Å²) >= 11 is 0. The third-order valence-electron chi connectivity index (χ3n) is 5.61. The molecule has 186 valence electrons. The van der Waals surface area contributed by atoms with Gasteiger partial charge in [0.2, 0.25) is 5.88 Å². The Kier molecular flexibility index (Phi) is 6.65. The summed E-state index contributed by atoms with van der Waals surface area (Å²) in [5, 5.41) is 5.86. The average molecular weight is 487 g/mol. The molecule has 0 saturated carbocycles. The number of nitrogens with zero attached hydrogens (tertiary/aromatic N) is 2. The zero-order valence-electron chi connectivity index (χ0n) is 21.0. The van der Waals surface area contributed by atoms with Crippen molar-refractivity contribution < 1.29 is 14.3 Å². The van der Waals surface area contributed by atoms with Crippen molar-refractivity contribution in [2.75, 3.05) is 24.7 Å². The Hall–Kier alpha value is -4.40. The van der Waals surface area contributed by atoms with Gasteiger partial charge in [-0.25, -0.2) is 9.97 Å². The Balaban J connectivity index is 1.64. The van der Waals surface area contributed by atoms with Gasteiger partial charge in [0.15, 0.2) is 5.95 Å². The van der Waals surface area contributed by atoms with Crippen LogP contribution in [0.2, 0.25) is 0 Å². The van der Waals surface area contributed by atoms with E-state index >= 15 is 0 Å². The van der Waals surface area contributed by atoms with Gasteiger partial charge in [-0.05, 0) is 59.9 Å². The molecule has 4 rings (SSSR count). The summed E-state index contributed by atoms with van der Waals surface area (Å²) in [6.45, 7) is 8.66. The van der Waals surface area contributed by atoms with Crippen LogP contribution in [0.4, 0.5) is 11.6 Å². The van der Waals surface area contributed by atoms with E-state index in [4.69, 9.17) is 10.5 Å². The second kappa shape index (κ2) is 9.69. The second-order valence-electron chi connectivity index (χ2n) is 9.83. The highest BCUT2D eigenvalue weighted by atomic mass is 16.5. The zero-order valence-corrected chi connectivity index (χ0v) is 21.0. The number of ether oxygens (including phenoxy) is 1. The summed E-state index contributed by atoms with van der Waals surface area (Å²) in [5.41, 5.74) is 10.7. The Morgan fingerprint density at radius 1 is 1.00 bits per heavy atom. The quantitative estimate of drug-likeness (QED) is 0.316. The molecule has 0 aliphatic rings. The number of aromatic amines is 1. The predicted molar refractivity (Wildman–Crippen MR) is 141 cm³/mol. The maximum absolute atomic E-state index is 13.3. The molecule has 2 amide bonds. The Labute approximate surface area is 209 Å². The molecule has 0 radical (unpaired) electrons. The van der Waals surface area contributed by atoms with Crippen LogP contribution in [-0.2, 0) is 0 Å². The molecule has 5 N–H and O–H groups in total. The number of imidazole rings is 1. The lowest BCUT2D eigenvalue weighted by Crippen LogP contribution is -2.32. The van der Waals surface area contributed by atoms with Gasteiger partial charge in [0.25, 0.3) is 11.8 Å². The molecule has 0 bridgehead atoms. The van der Waals surface area contributed by atoms with Gasteiger partial charge >= 0.3 is 0 Å². The Morgan fingerprint density at radius 2 is 1.75 bits per heavy atom. The SMILES string of the molecule is COc1ccc(-c2ccc(C(=O)NCC(C)(C)C)cc2C)c(C(=O)Nc2ccc3nc(N)[nH]c3c2)n1. The minimum atomic E-state index is -0.401. The third kappa shape index (κ3) is 5.46. The number of aromatic nitrogens is 3. The molecule has 0 fully saturated rings. The maximum atomic E-state index is 13.3. The number of aryl methyl sites for hydroxylation is 1. The number of pyridine rings is 1. The number of fused-ring (bicyclic) bond motifs is 1. The number of hydrogen-bond donors (Lipinski definition) is 4. The summed E-state index contributed by atoms with van der Waals surface area (Å²) < 4.78 is 5.27. The van der Waals surface area contributed by atoms with Gasteiger partial charge in [-0.15, -0.1) is 0 Å². The summed E-state index contributed by atoms with van der Waals surface area (Å²) in [6.07, 6.45) is 0. The average Bonchev–Trinajstić information content (AvgIpc) is 3.21. The van der Waals surface area contributed by atoms with Crippen LogP contribution in [0.5, 0.6) is 5.88 Å². The maximum Gasteiger partial charge on any atom is 0.275 e. The minimum Gasteiger partial charge on any atom is -0.481 e. The molecule has 0 unspecified atom stereocenters. The monoisotopic (exact) mass is 486 g/mol. The first-order valence-electron chi connectivity index (χ1n) is 11.5. The highest BCUT2D eigenvalue weighted by molar-refractivity contribution is 6.08. The van der Waals surface area contributed by atoms with E-state index in [0.717, 1.165) is 11.1 Å². The van der Waals surface area contributed by atoms with Gasteiger partial charge in [-0.1, -0.05) is 26.8 Å². The van der Waals surface area contributed by atoms with Crippen LogP contribution in [0.1, 0.15) is 47.2 Å². The number of methoxy groups -OCH3 is 1. The smallest absolute Gasteiger partial charge is 0.275 e. The van der Waals surface area contributed by atoms with Gasteiger partial charge in [0.05, 0.1) is 18.1 Å². The van der Waals surface area contributed by atoms with Crippen molar-refractivity contribution >= 4 is 34.5 Å². The van der Waals surface area contributed by atoms with Crippen molar-refractivity contribution in [2.24, 2.45) is 5.41 Å². The lowest BCUT2D eigenvalue weighted by atomic mass is 9.95. The van der Waals surface area contributed by atoms with Crippen LogP contribution in [0.25, 0.3) is 22.2 Å². The van der Waals surface area contributed by atoms with E-state index in [1.807, 2.05) is 19.1 Å².